The Hall–Kier alpha value is -3.37. The molecule has 1 fully saturated rings. The smallest absolute Gasteiger partial charge is 0.408 e. The number of rotatable bonds is 6. The number of hydrogen-bond donors (Lipinski definition) is 2. The number of aromatic nitrogens is 1. The first-order chi connectivity index (χ1) is 14.5. The van der Waals surface area contributed by atoms with Crippen LogP contribution in [0.5, 0.6) is 0 Å². The van der Waals surface area contributed by atoms with Crippen molar-refractivity contribution in [2.24, 2.45) is 7.05 Å². The summed E-state index contributed by atoms with van der Waals surface area (Å²) in [6.45, 7) is 0.954. The van der Waals surface area contributed by atoms with Crippen molar-refractivity contribution < 1.29 is 9.21 Å². The highest BCUT2D eigenvalue weighted by Crippen LogP contribution is 2.24. The van der Waals surface area contributed by atoms with Crippen LogP contribution in [0.3, 0.4) is 0 Å². The van der Waals surface area contributed by atoms with Gasteiger partial charge in [-0.15, -0.1) is 0 Å². The number of fused-ring (bicyclic) bond motifs is 1. The summed E-state index contributed by atoms with van der Waals surface area (Å²) in [6, 6.07) is 15.4. The molecule has 0 radical (unpaired) electrons. The first kappa shape index (κ1) is 19.9. The van der Waals surface area contributed by atoms with Crippen molar-refractivity contribution in [3.63, 3.8) is 0 Å². The molecule has 7 heteroatoms. The fourth-order valence-electron chi connectivity index (χ4n) is 3.91. The molecule has 0 aliphatic carbocycles. The Kier molecular flexibility index (Phi) is 5.68. The van der Waals surface area contributed by atoms with Crippen LogP contribution in [-0.4, -0.2) is 29.1 Å². The second-order valence-electron chi connectivity index (χ2n) is 7.76. The van der Waals surface area contributed by atoms with E-state index in [1.165, 1.54) is 4.57 Å². The van der Waals surface area contributed by atoms with E-state index in [2.05, 4.69) is 16.7 Å². The number of amides is 1. The Bertz CT molecular complexity index is 1150. The van der Waals surface area contributed by atoms with Gasteiger partial charge in [-0.1, -0.05) is 30.3 Å². The maximum atomic E-state index is 12.2. The van der Waals surface area contributed by atoms with Crippen LogP contribution < -0.4 is 16.4 Å². The minimum absolute atomic E-state index is 0.0865. The van der Waals surface area contributed by atoms with E-state index in [9.17, 15) is 14.9 Å². The van der Waals surface area contributed by atoms with Gasteiger partial charge in [0.1, 0.15) is 6.04 Å². The lowest BCUT2D eigenvalue weighted by Crippen LogP contribution is -2.38. The van der Waals surface area contributed by atoms with Gasteiger partial charge >= 0.3 is 5.76 Å². The molecule has 1 aliphatic rings. The van der Waals surface area contributed by atoms with E-state index >= 15 is 0 Å². The van der Waals surface area contributed by atoms with Gasteiger partial charge in [0.25, 0.3) is 0 Å². The summed E-state index contributed by atoms with van der Waals surface area (Å²) >= 11 is 0. The van der Waals surface area contributed by atoms with Gasteiger partial charge in [-0.2, -0.15) is 5.26 Å². The molecule has 4 rings (SSSR count). The zero-order chi connectivity index (χ0) is 21.1. The van der Waals surface area contributed by atoms with E-state index in [0.29, 0.717) is 18.4 Å². The number of carbonyl (C=O) groups is 1. The highest BCUT2D eigenvalue weighted by molar-refractivity contribution is 5.80. The van der Waals surface area contributed by atoms with Crippen LogP contribution in [0, 0.1) is 11.3 Å². The Morgan fingerprint density at radius 1 is 1.30 bits per heavy atom. The normalized spacial score (nSPS) is 17.0. The number of nitrogens with one attached hydrogen (secondary N) is 2. The average molecular weight is 404 g/mol. The topological polar surface area (TPSA) is 100 Å². The molecular formula is C23H24N4O3. The number of benzene rings is 2. The van der Waals surface area contributed by atoms with Crippen LogP contribution in [0.2, 0.25) is 0 Å². The molecule has 30 heavy (non-hydrogen) atoms. The first-order valence-corrected chi connectivity index (χ1v) is 10.1. The van der Waals surface area contributed by atoms with Crippen molar-refractivity contribution in [3.8, 4) is 17.2 Å². The van der Waals surface area contributed by atoms with E-state index in [1.807, 2.05) is 36.4 Å². The molecule has 1 aliphatic heterocycles. The van der Waals surface area contributed by atoms with Crippen LogP contribution in [0.1, 0.15) is 24.8 Å². The van der Waals surface area contributed by atoms with Crippen molar-refractivity contribution in [2.45, 2.75) is 37.8 Å². The predicted molar refractivity (Wildman–Crippen MR) is 114 cm³/mol. The maximum Gasteiger partial charge on any atom is 0.419 e. The fraction of sp³-hybridized carbons (Fsp3) is 0.348. The van der Waals surface area contributed by atoms with E-state index < -0.39 is 6.04 Å². The lowest BCUT2D eigenvalue weighted by Gasteiger charge is -2.14. The van der Waals surface area contributed by atoms with Crippen molar-refractivity contribution in [2.75, 3.05) is 6.54 Å². The largest absolute Gasteiger partial charge is 0.419 e. The summed E-state index contributed by atoms with van der Waals surface area (Å²) in [5, 5.41) is 15.6. The summed E-state index contributed by atoms with van der Waals surface area (Å²) in [7, 11) is 1.68. The number of hydrogen-bond acceptors (Lipinski definition) is 5. The second kappa shape index (κ2) is 8.56. The molecule has 1 aromatic heterocycles. The standard InChI is InChI=1S/C23H24N4O3/c1-27-20-12-17(8-9-21(20)30-23(27)29)16-6-4-15(5-7-16)11-19(14-24)26-22(28)13-18-3-2-10-25-18/h4-9,12,18-19,25H,2-3,10-11,13H2,1H3,(H,26,28)/t18?,19-/m0/s1. The monoisotopic (exact) mass is 404 g/mol. The first-order valence-electron chi connectivity index (χ1n) is 10.1. The van der Waals surface area contributed by atoms with Gasteiger partial charge in [-0.3, -0.25) is 9.36 Å². The lowest BCUT2D eigenvalue weighted by molar-refractivity contribution is -0.121. The van der Waals surface area contributed by atoms with E-state index in [0.717, 1.165) is 41.6 Å². The Morgan fingerprint density at radius 2 is 2.07 bits per heavy atom. The highest BCUT2D eigenvalue weighted by atomic mass is 16.4. The zero-order valence-corrected chi connectivity index (χ0v) is 16.9. The maximum absolute atomic E-state index is 12.2. The van der Waals surface area contributed by atoms with Gasteiger partial charge in [0.15, 0.2) is 5.58 Å². The number of nitriles is 1. The second-order valence-corrected chi connectivity index (χ2v) is 7.76. The van der Waals surface area contributed by atoms with Crippen molar-refractivity contribution in [3.05, 3.63) is 58.6 Å². The van der Waals surface area contributed by atoms with Gasteiger partial charge in [0, 0.05) is 25.9 Å². The third-order valence-electron chi connectivity index (χ3n) is 5.60. The third-order valence-corrected chi connectivity index (χ3v) is 5.60. The van der Waals surface area contributed by atoms with Crippen LogP contribution in [0.15, 0.2) is 51.7 Å². The molecule has 154 valence electrons. The minimum atomic E-state index is -0.554. The zero-order valence-electron chi connectivity index (χ0n) is 16.9. The Balaban J connectivity index is 1.42. The molecule has 1 saturated heterocycles. The lowest BCUT2D eigenvalue weighted by atomic mass is 10.0. The number of oxazole rings is 1. The molecular weight excluding hydrogens is 380 g/mol. The van der Waals surface area contributed by atoms with Crippen LogP contribution in [-0.2, 0) is 18.3 Å². The quantitative estimate of drug-likeness (QED) is 0.658. The molecule has 2 N–H and O–H groups in total. The Labute approximate surface area is 174 Å². The minimum Gasteiger partial charge on any atom is -0.408 e. The van der Waals surface area contributed by atoms with Gasteiger partial charge in [-0.05, 0) is 48.2 Å². The van der Waals surface area contributed by atoms with Gasteiger partial charge in [0.05, 0.1) is 11.6 Å². The number of aryl methyl sites for hydroxylation is 1. The number of nitrogens with zero attached hydrogens (tertiary/aromatic N) is 2. The van der Waals surface area contributed by atoms with Crippen LogP contribution in [0.25, 0.3) is 22.2 Å². The molecule has 7 nitrogen and oxygen atoms in total. The van der Waals surface area contributed by atoms with Crippen LogP contribution in [0.4, 0.5) is 0 Å². The van der Waals surface area contributed by atoms with Crippen LogP contribution >= 0.6 is 0 Å². The van der Waals surface area contributed by atoms with Crippen molar-refractivity contribution in [1.29, 1.82) is 5.26 Å². The molecule has 0 bridgehead atoms. The molecule has 1 unspecified atom stereocenters. The third kappa shape index (κ3) is 4.29. The molecule has 1 amide bonds. The SMILES string of the molecule is Cn1c(=O)oc2ccc(-c3ccc(C[C@@H](C#N)NC(=O)CC4CCCN4)cc3)cc21. The molecule has 0 saturated carbocycles. The van der Waals surface area contributed by atoms with Gasteiger partial charge in [0.2, 0.25) is 5.91 Å². The van der Waals surface area contributed by atoms with E-state index in [-0.39, 0.29) is 17.7 Å². The highest BCUT2D eigenvalue weighted by Gasteiger charge is 2.20. The number of carbonyl (C=O) groups excluding carboxylic acids is 1. The summed E-state index contributed by atoms with van der Waals surface area (Å²) in [6.07, 6.45) is 2.96. The average Bonchev–Trinajstić information content (AvgIpc) is 3.35. The fourth-order valence-corrected chi connectivity index (χ4v) is 3.91. The molecule has 3 aromatic rings. The molecule has 2 aromatic carbocycles. The summed E-state index contributed by atoms with van der Waals surface area (Å²) in [5.74, 6) is -0.470. The van der Waals surface area contributed by atoms with Gasteiger partial charge in [-0.25, -0.2) is 4.79 Å². The Morgan fingerprint density at radius 3 is 2.77 bits per heavy atom. The van der Waals surface area contributed by atoms with Gasteiger partial charge < -0.3 is 15.1 Å². The summed E-state index contributed by atoms with van der Waals surface area (Å²) in [4.78, 5) is 23.9. The van der Waals surface area contributed by atoms with Crippen molar-refractivity contribution in [1.82, 2.24) is 15.2 Å². The van der Waals surface area contributed by atoms with Crippen molar-refractivity contribution >= 4 is 17.0 Å². The van der Waals surface area contributed by atoms with E-state index in [1.54, 1.807) is 13.1 Å². The molecule has 2 heterocycles. The predicted octanol–water partition coefficient (Wildman–Crippen LogP) is 2.49. The molecule has 2 atom stereocenters. The summed E-state index contributed by atoms with van der Waals surface area (Å²) in [5.41, 5.74) is 4.24. The summed E-state index contributed by atoms with van der Waals surface area (Å²) < 4.78 is 6.66. The van der Waals surface area contributed by atoms with E-state index in [4.69, 9.17) is 4.42 Å². The molecule has 0 spiro atoms.